The first-order valence-electron chi connectivity index (χ1n) is 11.6. The zero-order valence-corrected chi connectivity index (χ0v) is 18.5. The fourth-order valence-corrected chi connectivity index (χ4v) is 9.89. The van der Waals surface area contributed by atoms with E-state index in [1.54, 1.807) is 35.7 Å². The van der Waals surface area contributed by atoms with E-state index >= 15 is 17.6 Å². The third-order valence-electron chi connectivity index (χ3n) is 9.43. The van der Waals surface area contributed by atoms with Gasteiger partial charge in [-0.1, -0.05) is 30.3 Å². The number of halogens is 6. The van der Waals surface area contributed by atoms with Gasteiger partial charge in [-0.3, -0.25) is 0 Å². The predicted octanol–water partition coefficient (Wildman–Crippen LogP) is 7.91. The number of rotatable bonds is 1. The molecule has 0 N–H and O–H groups in total. The van der Waals surface area contributed by atoms with Crippen molar-refractivity contribution in [3.63, 3.8) is 0 Å². The molecule has 1 atom stereocenters. The quantitative estimate of drug-likeness (QED) is 0.364. The minimum absolute atomic E-state index is 0.0315. The highest BCUT2D eigenvalue weighted by atomic mass is 32.1. The summed E-state index contributed by atoms with van der Waals surface area (Å²) in [6.45, 7) is 0. The number of thiophene rings is 1. The van der Waals surface area contributed by atoms with Crippen LogP contribution < -0.4 is 0 Å². The Morgan fingerprint density at radius 3 is 1.94 bits per heavy atom. The van der Waals surface area contributed by atoms with E-state index in [1.165, 1.54) is 17.4 Å². The molecule has 2 aromatic rings. The predicted molar refractivity (Wildman–Crippen MR) is 114 cm³/mol. The van der Waals surface area contributed by atoms with Crippen molar-refractivity contribution in [2.24, 2.45) is 23.7 Å². The summed E-state index contributed by atoms with van der Waals surface area (Å²) >= 11 is 1.29. The summed E-state index contributed by atoms with van der Waals surface area (Å²) in [4.78, 5) is 0.636. The van der Waals surface area contributed by atoms with Crippen molar-refractivity contribution >= 4 is 16.9 Å². The Balaban J connectivity index is 1.60. The van der Waals surface area contributed by atoms with E-state index in [2.05, 4.69) is 0 Å². The molecule has 0 unspecified atom stereocenters. The molecule has 0 aliphatic heterocycles. The average molecular weight is 481 g/mol. The Morgan fingerprint density at radius 1 is 0.727 bits per heavy atom. The normalized spacial score (nSPS) is 40.8. The summed E-state index contributed by atoms with van der Waals surface area (Å²) in [5.74, 6) is -15.4. The molecule has 1 heterocycles. The van der Waals surface area contributed by atoms with Gasteiger partial charge < -0.3 is 0 Å². The van der Waals surface area contributed by atoms with E-state index < -0.39 is 40.2 Å². The maximum atomic E-state index is 15.6. The van der Waals surface area contributed by atoms with Crippen molar-refractivity contribution in [1.29, 1.82) is 0 Å². The fourth-order valence-electron chi connectivity index (χ4n) is 8.59. The third kappa shape index (κ3) is 2.14. The van der Waals surface area contributed by atoms with Crippen LogP contribution in [-0.2, 0) is 5.41 Å². The Morgan fingerprint density at radius 2 is 1.33 bits per heavy atom. The highest BCUT2D eigenvalue weighted by molar-refractivity contribution is 7.10. The van der Waals surface area contributed by atoms with Crippen LogP contribution in [0.1, 0.15) is 54.0 Å². The van der Waals surface area contributed by atoms with Crippen LogP contribution in [0.25, 0.3) is 5.57 Å². The smallest absolute Gasteiger partial charge is 0.194 e. The second-order valence-electron chi connectivity index (χ2n) is 10.8. The van der Waals surface area contributed by atoms with Gasteiger partial charge in [-0.25, -0.2) is 0 Å². The summed E-state index contributed by atoms with van der Waals surface area (Å²) in [7, 11) is 0. The second-order valence-corrected chi connectivity index (χ2v) is 11.7. The summed E-state index contributed by atoms with van der Waals surface area (Å²) in [6, 6.07) is 9.81. The number of alkyl halides is 6. The van der Waals surface area contributed by atoms with Gasteiger partial charge in [0.15, 0.2) is 0 Å². The monoisotopic (exact) mass is 480 g/mol. The molecule has 4 bridgehead atoms. The van der Waals surface area contributed by atoms with Gasteiger partial charge >= 0.3 is 17.8 Å². The largest absolute Gasteiger partial charge is 0.380 e. The Hall–Kier alpha value is -1.76. The minimum Gasteiger partial charge on any atom is -0.194 e. The summed E-state index contributed by atoms with van der Waals surface area (Å²) in [5, 5.41) is 1.63. The van der Waals surface area contributed by atoms with E-state index in [0.717, 1.165) is 32.1 Å². The molecular weight excluding hydrogens is 458 g/mol. The van der Waals surface area contributed by atoms with Gasteiger partial charge in [0, 0.05) is 27.4 Å². The van der Waals surface area contributed by atoms with Crippen molar-refractivity contribution in [3.05, 3.63) is 63.4 Å². The lowest BCUT2D eigenvalue weighted by Gasteiger charge is -2.65. The molecule has 174 valence electrons. The molecule has 0 saturated heterocycles. The van der Waals surface area contributed by atoms with Crippen LogP contribution in [0.4, 0.5) is 26.3 Å². The van der Waals surface area contributed by atoms with Crippen LogP contribution in [0.15, 0.2) is 47.4 Å². The lowest BCUT2D eigenvalue weighted by Crippen LogP contribution is -2.60. The Labute approximate surface area is 191 Å². The van der Waals surface area contributed by atoms with E-state index in [9.17, 15) is 8.78 Å². The fraction of sp³-hybridized carbons (Fsp3) is 0.538. The van der Waals surface area contributed by atoms with E-state index in [0.29, 0.717) is 22.3 Å². The minimum atomic E-state index is -5.46. The van der Waals surface area contributed by atoms with Crippen LogP contribution in [0.3, 0.4) is 0 Å². The van der Waals surface area contributed by atoms with Crippen LogP contribution in [0.5, 0.6) is 0 Å². The van der Waals surface area contributed by atoms with Gasteiger partial charge in [0.25, 0.3) is 0 Å². The number of allylic oxidation sites excluding steroid dienone is 2. The molecule has 6 aliphatic rings. The molecule has 1 aromatic carbocycles. The lowest BCUT2D eigenvalue weighted by molar-refractivity contribution is -0.261. The molecular formula is C26H22F6S. The Bertz CT molecular complexity index is 1150. The van der Waals surface area contributed by atoms with Crippen molar-refractivity contribution in [2.45, 2.75) is 61.2 Å². The van der Waals surface area contributed by atoms with Crippen LogP contribution >= 0.6 is 11.3 Å². The first-order chi connectivity index (χ1) is 15.6. The highest BCUT2D eigenvalue weighted by Gasteiger charge is 2.83. The third-order valence-corrected chi connectivity index (χ3v) is 10.5. The Kier molecular flexibility index (Phi) is 3.79. The number of hydrogen-bond donors (Lipinski definition) is 0. The SMILES string of the molecule is FC1(F)C2=C([C@H](c3ccccc3)C3(c4sccc42)C2CC4CC(C2)CC3C4)C(F)(F)C1(F)F. The van der Waals surface area contributed by atoms with Crippen molar-refractivity contribution < 1.29 is 26.3 Å². The molecule has 0 nitrogen and oxygen atoms in total. The molecule has 33 heavy (non-hydrogen) atoms. The highest BCUT2D eigenvalue weighted by Crippen LogP contribution is 2.76. The maximum absolute atomic E-state index is 15.6. The van der Waals surface area contributed by atoms with Crippen molar-refractivity contribution in [1.82, 2.24) is 0 Å². The van der Waals surface area contributed by atoms with Gasteiger partial charge in [0.05, 0.1) is 0 Å². The van der Waals surface area contributed by atoms with Gasteiger partial charge in [-0.05, 0) is 78.3 Å². The topological polar surface area (TPSA) is 0 Å². The van der Waals surface area contributed by atoms with Crippen LogP contribution in [0, 0.1) is 23.7 Å². The summed E-state index contributed by atoms with van der Waals surface area (Å²) in [5.41, 5.74) is -2.60. The van der Waals surface area contributed by atoms with Gasteiger partial charge in [-0.2, -0.15) is 26.3 Å². The zero-order valence-electron chi connectivity index (χ0n) is 17.6. The second kappa shape index (κ2) is 6.07. The first kappa shape index (κ1) is 20.6. The van der Waals surface area contributed by atoms with Crippen LogP contribution in [-0.4, -0.2) is 17.8 Å². The molecule has 6 aliphatic carbocycles. The molecule has 1 spiro atoms. The average Bonchev–Trinajstić information content (AvgIpc) is 3.29. The van der Waals surface area contributed by atoms with Crippen molar-refractivity contribution in [3.8, 4) is 0 Å². The van der Waals surface area contributed by atoms with Gasteiger partial charge in [0.1, 0.15) is 0 Å². The summed E-state index contributed by atoms with van der Waals surface area (Å²) in [6.07, 6.45) is 4.56. The number of hydrogen-bond acceptors (Lipinski definition) is 1. The maximum Gasteiger partial charge on any atom is 0.380 e. The molecule has 7 heteroatoms. The first-order valence-corrected chi connectivity index (χ1v) is 12.5. The van der Waals surface area contributed by atoms with Gasteiger partial charge in [-0.15, -0.1) is 11.3 Å². The molecule has 0 amide bonds. The van der Waals surface area contributed by atoms with Crippen molar-refractivity contribution in [2.75, 3.05) is 0 Å². The van der Waals surface area contributed by atoms with Crippen LogP contribution in [0.2, 0.25) is 0 Å². The van der Waals surface area contributed by atoms with E-state index in [4.69, 9.17) is 0 Å². The molecule has 1 aromatic heterocycles. The van der Waals surface area contributed by atoms with E-state index in [1.807, 2.05) is 0 Å². The summed E-state index contributed by atoms with van der Waals surface area (Å²) < 4.78 is 91.4. The van der Waals surface area contributed by atoms with Gasteiger partial charge in [0.2, 0.25) is 0 Å². The number of fused-ring (bicyclic) bond motifs is 2. The molecule has 0 radical (unpaired) electrons. The molecule has 8 rings (SSSR count). The lowest BCUT2D eigenvalue weighted by atomic mass is 9.39. The van der Waals surface area contributed by atoms with E-state index in [-0.39, 0.29) is 17.4 Å². The molecule has 4 fully saturated rings. The zero-order chi connectivity index (χ0) is 23.0. The molecule has 4 saturated carbocycles. The standard InChI is InChI=1S/C26H22F6S/c27-24(28)20-18-6-7-33-22(18)23(16-9-13-8-14(11-16)12-17(23)10-13)19(15-4-2-1-3-5-15)21(20)25(29,30)26(24,31)32/h1-7,13-14,16-17,19H,8-12H2/t13?,14?,16?,17?,19-,23?/m0/s1. The number of benzene rings is 1.